The maximum absolute atomic E-state index is 13.1. The molecule has 0 atom stereocenters. The first-order chi connectivity index (χ1) is 15.3. The number of carbonyl (C=O) groups is 1. The van der Waals surface area contributed by atoms with E-state index < -0.39 is 17.7 Å². The quantitative estimate of drug-likeness (QED) is 0.375. The van der Waals surface area contributed by atoms with Gasteiger partial charge in [-0.2, -0.15) is 13.2 Å². The Balaban J connectivity index is 1.70. The molecular weight excluding hydrogens is 421 g/mol. The van der Waals surface area contributed by atoms with Crippen molar-refractivity contribution in [3.8, 4) is 17.0 Å². The molecule has 0 aliphatic carbocycles. The van der Waals surface area contributed by atoms with Crippen LogP contribution in [0.1, 0.15) is 21.6 Å². The van der Waals surface area contributed by atoms with Crippen LogP contribution in [0, 0.1) is 0 Å². The number of fused-ring (bicyclic) bond motifs is 1. The van der Waals surface area contributed by atoms with Crippen LogP contribution >= 0.6 is 0 Å². The number of aromatic nitrogens is 2. The molecule has 32 heavy (non-hydrogen) atoms. The van der Waals surface area contributed by atoms with E-state index in [4.69, 9.17) is 4.74 Å². The second-order valence-electron chi connectivity index (χ2n) is 6.89. The molecule has 0 amide bonds. The summed E-state index contributed by atoms with van der Waals surface area (Å²) in [5.74, 6) is -0.00798. The topological polar surface area (TPSA) is 61.3 Å². The first-order valence-electron chi connectivity index (χ1n) is 9.59. The molecule has 162 valence electrons. The smallest absolute Gasteiger partial charge is 0.416 e. The summed E-state index contributed by atoms with van der Waals surface area (Å²) < 4.78 is 49.9. The second-order valence-corrected chi connectivity index (χ2v) is 6.89. The van der Waals surface area contributed by atoms with Crippen LogP contribution in [0.5, 0.6) is 5.75 Å². The first-order valence-corrected chi connectivity index (χ1v) is 9.59. The Kier molecular flexibility index (Phi) is 5.77. The molecule has 0 unspecified atom stereocenters. The van der Waals surface area contributed by atoms with Gasteiger partial charge in [-0.3, -0.25) is 0 Å². The van der Waals surface area contributed by atoms with Gasteiger partial charge in [-0.05, 0) is 42.5 Å². The lowest BCUT2D eigenvalue weighted by molar-refractivity contribution is -0.137. The van der Waals surface area contributed by atoms with Crippen LogP contribution in [0.15, 0.2) is 72.8 Å². The number of nitrogens with zero attached hydrogens (tertiary/aromatic N) is 2. The molecule has 4 rings (SSSR count). The lowest BCUT2D eigenvalue weighted by atomic mass is 10.1. The highest BCUT2D eigenvalue weighted by Crippen LogP contribution is 2.32. The Hall–Kier alpha value is -3.94. The number of halogens is 3. The molecule has 0 saturated heterocycles. The Labute approximate surface area is 181 Å². The number of esters is 1. The minimum Gasteiger partial charge on any atom is -0.487 e. The van der Waals surface area contributed by atoms with Gasteiger partial charge in [-0.15, -0.1) is 0 Å². The zero-order chi connectivity index (χ0) is 22.7. The number of carbonyl (C=O) groups excluding carboxylic acids is 1. The molecule has 0 aliphatic rings. The SMILES string of the molecule is COC(=O)c1ccc(OCc2nc3cc(C(F)(F)F)ccc3nc2-c2ccccc2)cc1. The van der Waals surface area contributed by atoms with Crippen molar-refractivity contribution in [2.75, 3.05) is 7.11 Å². The first kappa shape index (κ1) is 21.3. The summed E-state index contributed by atoms with van der Waals surface area (Å²) in [7, 11) is 1.29. The Bertz CT molecular complexity index is 1260. The van der Waals surface area contributed by atoms with Crippen molar-refractivity contribution in [2.45, 2.75) is 12.8 Å². The van der Waals surface area contributed by atoms with Crippen LogP contribution in [0.25, 0.3) is 22.3 Å². The molecule has 4 aromatic rings. The fourth-order valence-electron chi connectivity index (χ4n) is 3.15. The van der Waals surface area contributed by atoms with Crippen LogP contribution in [0.4, 0.5) is 13.2 Å². The molecule has 0 saturated carbocycles. The van der Waals surface area contributed by atoms with E-state index in [-0.39, 0.29) is 12.1 Å². The number of hydrogen-bond acceptors (Lipinski definition) is 5. The lowest BCUT2D eigenvalue weighted by Crippen LogP contribution is -2.07. The minimum atomic E-state index is -4.48. The Morgan fingerprint density at radius 1 is 0.906 bits per heavy atom. The third-order valence-electron chi connectivity index (χ3n) is 4.76. The van der Waals surface area contributed by atoms with Crippen molar-refractivity contribution in [2.24, 2.45) is 0 Å². The molecule has 5 nitrogen and oxygen atoms in total. The average Bonchev–Trinajstić information content (AvgIpc) is 2.81. The van der Waals surface area contributed by atoms with Gasteiger partial charge in [-0.1, -0.05) is 30.3 Å². The highest BCUT2D eigenvalue weighted by molar-refractivity contribution is 5.89. The highest BCUT2D eigenvalue weighted by atomic mass is 19.4. The zero-order valence-corrected chi connectivity index (χ0v) is 16.9. The summed E-state index contributed by atoms with van der Waals surface area (Å²) in [6.45, 7) is -0.0268. The van der Waals surface area contributed by atoms with Crippen LogP contribution < -0.4 is 4.74 Å². The van der Waals surface area contributed by atoms with Gasteiger partial charge in [0.2, 0.25) is 0 Å². The molecule has 1 heterocycles. The standard InChI is InChI=1S/C24H17F3N2O3/c1-31-23(30)16-7-10-18(11-8-16)32-14-21-22(15-5-3-2-4-6-15)29-19-12-9-17(24(25,26)27)13-20(19)28-21/h2-13H,14H2,1H3. The van der Waals surface area contributed by atoms with E-state index in [1.807, 2.05) is 30.3 Å². The fourth-order valence-corrected chi connectivity index (χ4v) is 3.15. The maximum atomic E-state index is 13.1. The molecule has 3 aromatic carbocycles. The summed E-state index contributed by atoms with van der Waals surface area (Å²) in [5, 5.41) is 0. The maximum Gasteiger partial charge on any atom is 0.416 e. The highest BCUT2D eigenvalue weighted by Gasteiger charge is 2.30. The fraction of sp³-hybridized carbons (Fsp3) is 0.125. The van der Waals surface area contributed by atoms with E-state index in [1.165, 1.54) is 13.2 Å². The van der Waals surface area contributed by atoms with Crippen molar-refractivity contribution >= 4 is 17.0 Å². The molecule has 1 aromatic heterocycles. The minimum absolute atomic E-state index is 0.0268. The predicted molar refractivity (Wildman–Crippen MR) is 112 cm³/mol. The normalized spacial score (nSPS) is 11.4. The van der Waals surface area contributed by atoms with E-state index in [1.54, 1.807) is 24.3 Å². The van der Waals surface area contributed by atoms with Crippen molar-refractivity contribution in [1.82, 2.24) is 9.97 Å². The zero-order valence-electron chi connectivity index (χ0n) is 16.9. The molecule has 0 aliphatic heterocycles. The summed E-state index contributed by atoms with van der Waals surface area (Å²) in [6, 6.07) is 18.8. The van der Waals surface area contributed by atoms with E-state index in [0.717, 1.165) is 17.7 Å². The van der Waals surface area contributed by atoms with E-state index >= 15 is 0 Å². The number of methoxy groups -OCH3 is 1. The van der Waals surface area contributed by atoms with Gasteiger partial charge in [0, 0.05) is 5.56 Å². The van der Waals surface area contributed by atoms with Gasteiger partial charge >= 0.3 is 12.1 Å². The number of rotatable bonds is 5. The van der Waals surface area contributed by atoms with Gasteiger partial charge in [0.05, 0.1) is 35.0 Å². The molecule has 0 bridgehead atoms. The van der Waals surface area contributed by atoms with Crippen molar-refractivity contribution in [3.63, 3.8) is 0 Å². The van der Waals surface area contributed by atoms with Gasteiger partial charge in [-0.25, -0.2) is 14.8 Å². The molecular formula is C24H17F3N2O3. The van der Waals surface area contributed by atoms with E-state index in [9.17, 15) is 18.0 Å². The van der Waals surface area contributed by atoms with Gasteiger partial charge < -0.3 is 9.47 Å². The third kappa shape index (κ3) is 4.54. The van der Waals surface area contributed by atoms with E-state index in [0.29, 0.717) is 28.2 Å². The summed E-state index contributed by atoms with van der Waals surface area (Å²) in [5.41, 5.74) is 1.72. The molecule has 0 fully saturated rings. The molecule has 0 radical (unpaired) electrons. The number of alkyl halides is 3. The lowest BCUT2D eigenvalue weighted by Gasteiger charge is -2.13. The van der Waals surface area contributed by atoms with Crippen molar-refractivity contribution in [3.05, 3.63) is 89.6 Å². The summed E-state index contributed by atoms with van der Waals surface area (Å²) >= 11 is 0. The molecule has 0 N–H and O–H groups in total. The van der Waals surface area contributed by atoms with Crippen molar-refractivity contribution < 1.29 is 27.4 Å². The van der Waals surface area contributed by atoms with Crippen molar-refractivity contribution in [1.29, 1.82) is 0 Å². The Morgan fingerprint density at radius 2 is 1.62 bits per heavy atom. The van der Waals surface area contributed by atoms with Gasteiger partial charge in [0.15, 0.2) is 0 Å². The molecule has 8 heteroatoms. The Morgan fingerprint density at radius 3 is 2.28 bits per heavy atom. The average molecular weight is 438 g/mol. The van der Waals surface area contributed by atoms with Gasteiger partial charge in [0.1, 0.15) is 18.1 Å². The second kappa shape index (κ2) is 8.66. The van der Waals surface area contributed by atoms with Gasteiger partial charge in [0.25, 0.3) is 0 Å². The third-order valence-corrected chi connectivity index (χ3v) is 4.76. The van der Waals surface area contributed by atoms with E-state index in [2.05, 4.69) is 14.7 Å². The predicted octanol–water partition coefficient (Wildman–Crippen LogP) is 5.68. The largest absolute Gasteiger partial charge is 0.487 e. The van der Waals surface area contributed by atoms with Crippen LogP contribution in [-0.4, -0.2) is 23.0 Å². The number of benzene rings is 3. The van der Waals surface area contributed by atoms with Crippen LogP contribution in [-0.2, 0) is 17.5 Å². The monoisotopic (exact) mass is 438 g/mol. The summed E-state index contributed by atoms with van der Waals surface area (Å²) in [6.07, 6.45) is -4.48. The van der Waals surface area contributed by atoms with Crippen LogP contribution in [0.2, 0.25) is 0 Å². The number of ether oxygens (including phenoxy) is 2. The summed E-state index contributed by atoms with van der Waals surface area (Å²) in [4.78, 5) is 20.6. The van der Waals surface area contributed by atoms with Crippen LogP contribution in [0.3, 0.4) is 0 Å². The number of hydrogen-bond donors (Lipinski definition) is 0. The molecule has 0 spiro atoms.